The molecule has 1 aromatic carbocycles. The second kappa shape index (κ2) is 6.71. The highest BCUT2D eigenvalue weighted by Gasteiger charge is 2.13. The van der Waals surface area contributed by atoms with Crippen molar-refractivity contribution >= 4 is 5.97 Å². The highest BCUT2D eigenvalue weighted by molar-refractivity contribution is 5.87. The molecule has 1 saturated carbocycles. The number of carbonyl (C=O) groups is 1. The normalized spacial score (nSPS) is 17.1. The Morgan fingerprint density at radius 1 is 1.26 bits per heavy atom. The van der Waals surface area contributed by atoms with E-state index in [1.165, 1.54) is 25.7 Å². The molecular formula is C16H22O3. The molecule has 19 heavy (non-hydrogen) atoms. The third kappa shape index (κ3) is 4.06. The lowest BCUT2D eigenvalue weighted by Crippen LogP contribution is -2.12. The molecule has 0 atom stereocenters. The molecule has 1 N–H and O–H groups in total. The molecule has 1 fully saturated rings. The highest BCUT2D eigenvalue weighted by Crippen LogP contribution is 2.21. The van der Waals surface area contributed by atoms with E-state index in [1.807, 2.05) is 13.0 Å². The van der Waals surface area contributed by atoms with Crippen LogP contribution in [0.25, 0.3) is 0 Å². The van der Waals surface area contributed by atoms with Crippen molar-refractivity contribution in [2.75, 3.05) is 0 Å². The summed E-state index contributed by atoms with van der Waals surface area (Å²) in [6.45, 7) is 2.54. The number of benzene rings is 1. The zero-order valence-electron chi connectivity index (χ0n) is 11.5. The Kier molecular flexibility index (Phi) is 4.97. The number of aryl methyl sites for hydroxylation is 1. The minimum absolute atomic E-state index is 0.343. The van der Waals surface area contributed by atoms with Crippen LogP contribution in [-0.2, 0) is 11.3 Å². The lowest BCUT2D eigenvalue weighted by Gasteiger charge is -2.16. The Morgan fingerprint density at radius 2 is 1.95 bits per heavy atom. The molecule has 0 unspecified atom stereocenters. The number of hydrogen-bond donors (Lipinski definition) is 1. The number of carboxylic acids is 1. The van der Waals surface area contributed by atoms with E-state index in [1.54, 1.807) is 12.1 Å². The van der Waals surface area contributed by atoms with Gasteiger partial charge in [-0.05, 0) is 43.0 Å². The summed E-state index contributed by atoms with van der Waals surface area (Å²) in [6, 6.07) is 5.24. The van der Waals surface area contributed by atoms with E-state index >= 15 is 0 Å². The maximum Gasteiger partial charge on any atom is 0.335 e. The summed E-state index contributed by atoms with van der Waals surface area (Å²) in [6.07, 6.45) is 7.88. The lowest BCUT2D eigenvalue weighted by molar-refractivity contribution is 0.0307. The van der Waals surface area contributed by atoms with Gasteiger partial charge in [0.2, 0.25) is 0 Å². The van der Waals surface area contributed by atoms with E-state index in [9.17, 15) is 4.79 Å². The van der Waals surface area contributed by atoms with Gasteiger partial charge in [0, 0.05) is 0 Å². The van der Waals surface area contributed by atoms with Crippen LogP contribution in [0.5, 0.6) is 0 Å². The van der Waals surface area contributed by atoms with E-state index in [-0.39, 0.29) is 0 Å². The van der Waals surface area contributed by atoms with Crippen molar-refractivity contribution in [2.45, 2.75) is 58.2 Å². The molecule has 3 heteroatoms. The Hall–Kier alpha value is -1.35. The van der Waals surface area contributed by atoms with E-state index < -0.39 is 5.97 Å². The number of hydrogen-bond acceptors (Lipinski definition) is 2. The van der Waals surface area contributed by atoms with Gasteiger partial charge in [-0.25, -0.2) is 4.79 Å². The molecule has 0 aromatic heterocycles. The fourth-order valence-corrected chi connectivity index (χ4v) is 2.61. The average molecular weight is 262 g/mol. The van der Waals surface area contributed by atoms with Crippen LogP contribution in [0.4, 0.5) is 0 Å². The second-order valence-electron chi connectivity index (χ2n) is 5.37. The lowest BCUT2D eigenvalue weighted by atomic mass is 10.1. The molecule has 1 aromatic rings. The number of carboxylic acid groups (broad SMARTS) is 1. The summed E-state index contributed by atoms with van der Waals surface area (Å²) < 4.78 is 5.98. The number of aromatic carboxylic acids is 1. The molecule has 0 heterocycles. The van der Waals surface area contributed by atoms with E-state index in [4.69, 9.17) is 9.84 Å². The molecule has 104 valence electrons. The topological polar surface area (TPSA) is 46.5 Å². The van der Waals surface area contributed by atoms with Crippen molar-refractivity contribution in [1.82, 2.24) is 0 Å². The standard InChI is InChI=1S/C16H22O3/c1-12-10-13(16(17)18)8-9-14(12)11-19-15-6-4-2-3-5-7-15/h8-10,15H,2-7,11H2,1H3,(H,17,18). The van der Waals surface area contributed by atoms with E-state index in [0.717, 1.165) is 24.0 Å². The monoisotopic (exact) mass is 262 g/mol. The summed E-state index contributed by atoms with van der Waals surface area (Å²) in [4.78, 5) is 10.9. The van der Waals surface area contributed by atoms with Crippen LogP contribution >= 0.6 is 0 Å². The molecule has 3 nitrogen and oxygen atoms in total. The van der Waals surface area contributed by atoms with Crippen LogP contribution in [0.3, 0.4) is 0 Å². The van der Waals surface area contributed by atoms with Gasteiger partial charge >= 0.3 is 5.97 Å². The highest BCUT2D eigenvalue weighted by atomic mass is 16.5. The number of rotatable bonds is 4. The summed E-state index contributed by atoms with van der Waals surface area (Å²) >= 11 is 0. The first-order valence-corrected chi connectivity index (χ1v) is 7.11. The van der Waals surface area contributed by atoms with Gasteiger partial charge in [0.05, 0.1) is 18.3 Å². The van der Waals surface area contributed by atoms with Gasteiger partial charge < -0.3 is 9.84 Å². The molecule has 0 spiro atoms. The van der Waals surface area contributed by atoms with Crippen LogP contribution in [0.2, 0.25) is 0 Å². The number of ether oxygens (including phenoxy) is 1. The summed E-state index contributed by atoms with van der Waals surface area (Å²) in [7, 11) is 0. The Labute approximate surface area is 114 Å². The fourth-order valence-electron chi connectivity index (χ4n) is 2.61. The zero-order chi connectivity index (χ0) is 13.7. The van der Waals surface area contributed by atoms with Gasteiger partial charge in [-0.15, -0.1) is 0 Å². The van der Waals surface area contributed by atoms with Gasteiger partial charge in [-0.3, -0.25) is 0 Å². The van der Waals surface area contributed by atoms with Gasteiger partial charge in [0.25, 0.3) is 0 Å². The van der Waals surface area contributed by atoms with Crippen molar-refractivity contribution in [2.24, 2.45) is 0 Å². The Morgan fingerprint density at radius 3 is 2.53 bits per heavy atom. The average Bonchev–Trinajstić information content (AvgIpc) is 2.65. The first kappa shape index (κ1) is 14.1. The molecule has 0 amide bonds. The molecule has 0 saturated heterocycles. The van der Waals surface area contributed by atoms with Crippen molar-refractivity contribution in [1.29, 1.82) is 0 Å². The van der Waals surface area contributed by atoms with Crippen molar-refractivity contribution in [3.8, 4) is 0 Å². The summed E-state index contributed by atoms with van der Waals surface area (Å²) in [5, 5.41) is 8.93. The van der Waals surface area contributed by atoms with Crippen molar-refractivity contribution < 1.29 is 14.6 Å². The molecule has 2 rings (SSSR count). The molecular weight excluding hydrogens is 240 g/mol. The van der Waals surface area contributed by atoms with Gasteiger partial charge in [0.1, 0.15) is 0 Å². The minimum atomic E-state index is -0.876. The van der Waals surface area contributed by atoms with Crippen molar-refractivity contribution in [3.05, 3.63) is 34.9 Å². The van der Waals surface area contributed by atoms with E-state index in [0.29, 0.717) is 18.3 Å². The van der Waals surface area contributed by atoms with E-state index in [2.05, 4.69) is 0 Å². The fraction of sp³-hybridized carbons (Fsp3) is 0.562. The third-order valence-electron chi connectivity index (χ3n) is 3.87. The maximum atomic E-state index is 10.9. The predicted octanol–water partition coefficient (Wildman–Crippen LogP) is 3.93. The van der Waals surface area contributed by atoms with Crippen molar-refractivity contribution in [3.63, 3.8) is 0 Å². The molecule has 0 bridgehead atoms. The first-order chi connectivity index (χ1) is 9.16. The zero-order valence-corrected chi connectivity index (χ0v) is 11.5. The SMILES string of the molecule is Cc1cc(C(=O)O)ccc1COC1CCCCCC1. The Bertz CT molecular complexity index is 432. The van der Waals surface area contributed by atoms with Gasteiger partial charge in [-0.2, -0.15) is 0 Å². The third-order valence-corrected chi connectivity index (χ3v) is 3.87. The molecule has 1 aliphatic rings. The predicted molar refractivity (Wildman–Crippen MR) is 74.4 cm³/mol. The quantitative estimate of drug-likeness (QED) is 0.836. The molecule has 0 aliphatic heterocycles. The Balaban J connectivity index is 1.93. The van der Waals surface area contributed by atoms with Crippen LogP contribution in [0.1, 0.15) is 60.0 Å². The van der Waals surface area contributed by atoms with Gasteiger partial charge in [0.15, 0.2) is 0 Å². The van der Waals surface area contributed by atoms with Crippen LogP contribution in [0.15, 0.2) is 18.2 Å². The smallest absolute Gasteiger partial charge is 0.335 e. The summed E-state index contributed by atoms with van der Waals surface area (Å²) in [5.74, 6) is -0.876. The second-order valence-corrected chi connectivity index (χ2v) is 5.37. The first-order valence-electron chi connectivity index (χ1n) is 7.11. The van der Waals surface area contributed by atoms with Crippen LogP contribution in [0, 0.1) is 6.92 Å². The molecule has 1 aliphatic carbocycles. The van der Waals surface area contributed by atoms with Crippen LogP contribution < -0.4 is 0 Å². The van der Waals surface area contributed by atoms with Crippen LogP contribution in [-0.4, -0.2) is 17.2 Å². The van der Waals surface area contributed by atoms with Gasteiger partial charge in [-0.1, -0.05) is 31.7 Å². The maximum absolute atomic E-state index is 10.9. The molecule has 0 radical (unpaired) electrons. The minimum Gasteiger partial charge on any atom is -0.478 e. The largest absolute Gasteiger partial charge is 0.478 e. The summed E-state index contributed by atoms with van der Waals surface area (Å²) in [5.41, 5.74) is 2.43.